The minimum Gasteiger partial charge on any atom is -0.454 e. The maximum Gasteiger partial charge on any atom is 0.231 e. The number of nitrogens with one attached hydrogen (secondary N) is 2. The molecule has 0 radical (unpaired) electrons. The molecule has 2 aromatic rings. The molecule has 6 nitrogen and oxygen atoms in total. The SMILES string of the molecule is CCNC(=NCc1cccc(COC)c1)NCc1ccc2c(c1)OCO2. The van der Waals surface area contributed by atoms with Gasteiger partial charge in [0, 0.05) is 20.2 Å². The molecule has 0 saturated heterocycles. The summed E-state index contributed by atoms with van der Waals surface area (Å²) < 4.78 is 16.0. The summed E-state index contributed by atoms with van der Waals surface area (Å²) in [4.78, 5) is 4.67. The van der Waals surface area contributed by atoms with Crippen LogP contribution in [0.25, 0.3) is 0 Å². The molecule has 1 heterocycles. The molecular formula is C20H25N3O3. The van der Waals surface area contributed by atoms with Crippen LogP contribution in [0.2, 0.25) is 0 Å². The topological polar surface area (TPSA) is 64.1 Å². The van der Waals surface area contributed by atoms with Gasteiger partial charge >= 0.3 is 0 Å². The zero-order chi connectivity index (χ0) is 18.2. The number of nitrogens with zero attached hydrogens (tertiary/aromatic N) is 1. The summed E-state index contributed by atoms with van der Waals surface area (Å²) in [5, 5.41) is 6.63. The lowest BCUT2D eigenvalue weighted by Gasteiger charge is -2.12. The Kier molecular flexibility index (Phi) is 6.33. The number of ether oxygens (including phenoxy) is 3. The summed E-state index contributed by atoms with van der Waals surface area (Å²) in [6.45, 7) is 5.02. The molecule has 6 heteroatoms. The standard InChI is InChI=1S/C20H25N3O3/c1-3-21-20(22-11-15-5-4-6-17(9-15)13-24-2)23-12-16-7-8-18-19(10-16)26-14-25-18/h4-10H,3,11-14H2,1-2H3,(H2,21,22,23). The highest BCUT2D eigenvalue weighted by Gasteiger charge is 2.13. The second kappa shape index (κ2) is 9.10. The minimum atomic E-state index is 0.290. The van der Waals surface area contributed by atoms with Crippen molar-refractivity contribution in [2.45, 2.75) is 26.6 Å². The van der Waals surface area contributed by atoms with E-state index in [9.17, 15) is 0 Å². The number of methoxy groups -OCH3 is 1. The molecule has 3 rings (SSSR count). The number of guanidine groups is 1. The molecule has 138 valence electrons. The van der Waals surface area contributed by atoms with Crippen molar-refractivity contribution in [2.75, 3.05) is 20.4 Å². The van der Waals surface area contributed by atoms with Crippen LogP contribution in [-0.4, -0.2) is 26.4 Å². The predicted octanol–water partition coefficient (Wildman–Crippen LogP) is 2.82. The average molecular weight is 355 g/mol. The molecular weight excluding hydrogens is 330 g/mol. The molecule has 26 heavy (non-hydrogen) atoms. The third-order valence-corrected chi connectivity index (χ3v) is 3.96. The normalized spacial score (nSPS) is 12.9. The highest BCUT2D eigenvalue weighted by atomic mass is 16.7. The summed E-state index contributed by atoms with van der Waals surface area (Å²) in [5.74, 6) is 2.37. The Hall–Kier alpha value is -2.73. The fourth-order valence-corrected chi connectivity index (χ4v) is 2.73. The quantitative estimate of drug-likeness (QED) is 0.591. The van der Waals surface area contributed by atoms with Crippen LogP contribution < -0.4 is 20.1 Å². The first-order valence-electron chi connectivity index (χ1n) is 8.76. The highest BCUT2D eigenvalue weighted by Crippen LogP contribution is 2.32. The molecule has 0 fully saturated rings. The third kappa shape index (κ3) is 4.89. The van der Waals surface area contributed by atoms with Crippen LogP contribution in [0.3, 0.4) is 0 Å². The molecule has 0 amide bonds. The zero-order valence-electron chi connectivity index (χ0n) is 15.2. The smallest absolute Gasteiger partial charge is 0.231 e. The van der Waals surface area contributed by atoms with Crippen molar-refractivity contribution in [3.05, 3.63) is 59.2 Å². The lowest BCUT2D eigenvalue weighted by Crippen LogP contribution is -2.36. The molecule has 0 spiro atoms. The van der Waals surface area contributed by atoms with Gasteiger partial charge < -0.3 is 24.8 Å². The van der Waals surface area contributed by atoms with Gasteiger partial charge in [-0.3, -0.25) is 0 Å². The Morgan fingerprint density at radius 1 is 1.04 bits per heavy atom. The van der Waals surface area contributed by atoms with Crippen LogP contribution in [-0.2, 0) is 24.4 Å². The van der Waals surface area contributed by atoms with E-state index in [1.807, 2.05) is 24.3 Å². The zero-order valence-corrected chi connectivity index (χ0v) is 15.2. The summed E-state index contributed by atoms with van der Waals surface area (Å²) >= 11 is 0. The minimum absolute atomic E-state index is 0.290. The molecule has 0 saturated carbocycles. The van der Waals surface area contributed by atoms with Crippen LogP contribution in [0.1, 0.15) is 23.6 Å². The Labute approximate surface area is 154 Å². The van der Waals surface area contributed by atoms with E-state index in [2.05, 4.69) is 40.7 Å². The van der Waals surface area contributed by atoms with Gasteiger partial charge in [-0.2, -0.15) is 0 Å². The van der Waals surface area contributed by atoms with Gasteiger partial charge in [-0.05, 0) is 35.7 Å². The van der Waals surface area contributed by atoms with Crippen LogP contribution in [0.5, 0.6) is 11.5 Å². The largest absolute Gasteiger partial charge is 0.454 e. The molecule has 2 aromatic carbocycles. The Morgan fingerprint density at radius 2 is 1.88 bits per heavy atom. The lowest BCUT2D eigenvalue weighted by molar-refractivity contribution is 0.174. The first kappa shape index (κ1) is 18.1. The summed E-state index contributed by atoms with van der Waals surface area (Å²) in [5.41, 5.74) is 3.42. The number of hydrogen-bond donors (Lipinski definition) is 2. The lowest BCUT2D eigenvalue weighted by atomic mass is 10.1. The van der Waals surface area contributed by atoms with E-state index in [0.717, 1.165) is 40.7 Å². The van der Waals surface area contributed by atoms with Crippen LogP contribution in [0, 0.1) is 0 Å². The van der Waals surface area contributed by atoms with Gasteiger partial charge in [-0.1, -0.05) is 30.3 Å². The van der Waals surface area contributed by atoms with E-state index in [1.165, 1.54) is 0 Å². The van der Waals surface area contributed by atoms with Gasteiger partial charge in [0.1, 0.15) is 0 Å². The molecule has 0 unspecified atom stereocenters. The number of fused-ring (bicyclic) bond motifs is 1. The molecule has 1 aliphatic heterocycles. The predicted molar refractivity (Wildman–Crippen MR) is 101 cm³/mol. The van der Waals surface area contributed by atoms with Gasteiger partial charge in [-0.25, -0.2) is 4.99 Å². The second-order valence-electron chi connectivity index (χ2n) is 5.99. The summed E-state index contributed by atoms with van der Waals surface area (Å²) in [6, 6.07) is 14.2. The van der Waals surface area contributed by atoms with Crippen molar-refractivity contribution >= 4 is 5.96 Å². The number of aliphatic imine (C=N–C) groups is 1. The highest BCUT2D eigenvalue weighted by molar-refractivity contribution is 5.79. The van der Waals surface area contributed by atoms with Crippen molar-refractivity contribution in [1.82, 2.24) is 10.6 Å². The van der Waals surface area contributed by atoms with E-state index in [4.69, 9.17) is 14.2 Å². The van der Waals surface area contributed by atoms with Gasteiger partial charge in [0.05, 0.1) is 13.2 Å². The van der Waals surface area contributed by atoms with Crippen molar-refractivity contribution < 1.29 is 14.2 Å². The van der Waals surface area contributed by atoms with Gasteiger partial charge in [0.25, 0.3) is 0 Å². The fourth-order valence-electron chi connectivity index (χ4n) is 2.73. The van der Waals surface area contributed by atoms with Crippen molar-refractivity contribution in [1.29, 1.82) is 0 Å². The first-order valence-corrected chi connectivity index (χ1v) is 8.76. The van der Waals surface area contributed by atoms with Crippen LogP contribution in [0.15, 0.2) is 47.5 Å². The van der Waals surface area contributed by atoms with Crippen molar-refractivity contribution in [2.24, 2.45) is 4.99 Å². The number of rotatable bonds is 7. The van der Waals surface area contributed by atoms with E-state index < -0.39 is 0 Å². The second-order valence-corrected chi connectivity index (χ2v) is 5.99. The monoisotopic (exact) mass is 355 g/mol. The van der Waals surface area contributed by atoms with Crippen LogP contribution in [0.4, 0.5) is 0 Å². The van der Waals surface area contributed by atoms with E-state index in [1.54, 1.807) is 7.11 Å². The number of benzene rings is 2. The maximum absolute atomic E-state index is 5.42. The third-order valence-electron chi connectivity index (χ3n) is 3.96. The summed E-state index contributed by atoms with van der Waals surface area (Å²) in [7, 11) is 1.70. The molecule has 0 aliphatic carbocycles. The molecule has 0 atom stereocenters. The molecule has 0 aromatic heterocycles. The average Bonchev–Trinajstić information content (AvgIpc) is 3.12. The van der Waals surface area contributed by atoms with Crippen molar-refractivity contribution in [3.63, 3.8) is 0 Å². The molecule has 1 aliphatic rings. The van der Waals surface area contributed by atoms with E-state index in [-0.39, 0.29) is 0 Å². The molecule has 0 bridgehead atoms. The Balaban J connectivity index is 1.61. The van der Waals surface area contributed by atoms with E-state index >= 15 is 0 Å². The molecule has 2 N–H and O–H groups in total. The van der Waals surface area contributed by atoms with E-state index in [0.29, 0.717) is 26.5 Å². The van der Waals surface area contributed by atoms with Crippen LogP contribution >= 0.6 is 0 Å². The number of hydrogen-bond acceptors (Lipinski definition) is 4. The summed E-state index contributed by atoms with van der Waals surface area (Å²) in [6.07, 6.45) is 0. The van der Waals surface area contributed by atoms with Gasteiger partial charge in [0.15, 0.2) is 17.5 Å². The van der Waals surface area contributed by atoms with Gasteiger partial charge in [0.2, 0.25) is 6.79 Å². The Morgan fingerprint density at radius 3 is 2.73 bits per heavy atom. The Bertz CT molecular complexity index is 762. The van der Waals surface area contributed by atoms with Crippen molar-refractivity contribution in [3.8, 4) is 11.5 Å². The van der Waals surface area contributed by atoms with Gasteiger partial charge in [-0.15, -0.1) is 0 Å². The first-order chi connectivity index (χ1) is 12.8. The fraction of sp³-hybridized carbons (Fsp3) is 0.350. The maximum atomic E-state index is 5.42.